The molecule has 1 fully saturated rings. The molecule has 1 saturated heterocycles. The molecule has 3 N–H and O–H groups in total. The smallest absolute Gasteiger partial charge is 0.305 e. The summed E-state index contributed by atoms with van der Waals surface area (Å²) in [5.74, 6) is -6.89. The number of benzene rings is 3. The van der Waals surface area contributed by atoms with E-state index in [1.54, 1.807) is 0 Å². The third kappa shape index (κ3) is 4.95. The van der Waals surface area contributed by atoms with E-state index in [1.807, 2.05) is 0 Å². The highest BCUT2D eigenvalue weighted by Crippen LogP contribution is 2.50. The first-order valence-corrected chi connectivity index (χ1v) is 12.6. The van der Waals surface area contributed by atoms with Crippen LogP contribution in [0.5, 0.6) is 0 Å². The molecule has 204 valence electrons. The van der Waals surface area contributed by atoms with E-state index in [0.717, 1.165) is 12.1 Å². The second-order valence-corrected chi connectivity index (χ2v) is 9.93. The largest absolute Gasteiger partial charge is 0.394 e. The van der Waals surface area contributed by atoms with Crippen LogP contribution in [0.15, 0.2) is 71.6 Å². The molecule has 1 aliphatic rings. The fraction of sp³-hybridized carbons (Fsp3) is 0.200. The van der Waals surface area contributed by atoms with Gasteiger partial charge in [-0.2, -0.15) is 8.42 Å². The van der Waals surface area contributed by atoms with Gasteiger partial charge in [-0.1, -0.05) is 60.7 Å². The van der Waals surface area contributed by atoms with Gasteiger partial charge in [0, 0.05) is 16.7 Å². The Kier molecular flexibility index (Phi) is 7.42. The Bertz CT molecular complexity index is 1560. The minimum Gasteiger partial charge on any atom is -0.394 e. The number of rotatable bonds is 8. The van der Waals surface area contributed by atoms with E-state index < -0.39 is 84.7 Å². The molecule has 11 nitrogen and oxygen atoms in total. The molecule has 4 rings (SSSR count). The Morgan fingerprint density at radius 2 is 1.51 bits per heavy atom. The topological polar surface area (TPSA) is 181 Å². The Morgan fingerprint density at radius 1 is 1.00 bits per heavy atom. The highest BCUT2D eigenvalue weighted by atomic mass is 32.2. The average molecular weight is 563 g/mol. The second-order valence-electron chi connectivity index (χ2n) is 8.54. The van der Waals surface area contributed by atoms with E-state index in [4.69, 9.17) is 4.74 Å². The van der Waals surface area contributed by atoms with Crippen molar-refractivity contribution >= 4 is 27.4 Å². The van der Waals surface area contributed by atoms with Crippen LogP contribution in [0, 0.1) is 10.1 Å². The first-order valence-electron chi connectivity index (χ1n) is 11.1. The van der Waals surface area contributed by atoms with E-state index in [1.165, 1.54) is 48.5 Å². The number of carbonyl (C=O) groups excluding carboxylic acids is 2. The summed E-state index contributed by atoms with van der Waals surface area (Å²) >= 11 is 0. The molecule has 0 amide bonds. The normalized spacial score (nSPS) is 20.5. The predicted molar refractivity (Wildman–Crippen MR) is 128 cm³/mol. The lowest BCUT2D eigenvalue weighted by Crippen LogP contribution is -2.38. The van der Waals surface area contributed by atoms with Gasteiger partial charge in [-0.05, 0) is 6.07 Å². The number of nitrogens with zero attached hydrogens (tertiary/aromatic N) is 1. The molecule has 1 heterocycles. The molecule has 14 heteroatoms. The molecular formula is C25H19F2NO10S. The summed E-state index contributed by atoms with van der Waals surface area (Å²) < 4.78 is 70.6. The summed E-state index contributed by atoms with van der Waals surface area (Å²) in [6, 6.07) is 13.6. The van der Waals surface area contributed by atoms with Crippen molar-refractivity contribution in [1.29, 1.82) is 0 Å². The van der Waals surface area contributed by atoms with E-state index in [-0.39, 0.29) is 11.1 Å². The van der Waals surface area contributed by atoms with E-state index >= 15 is 8.78 Å². The minimum absolute atomic E-state index is 0.175. The lowest BCUT2D eigenvalue weighted by Gasteiger charge is -2.24. The standard InChI is InChI=1S/C25H19F2NO10S/c26-25(27)23(32)16(12-29)38-24(25)18-17(39(35,36)37)11-15(21(30)13-7-3-1-4-8-13)20(28(33)34)19(18)22(31)14-9-5-2-6-10-14/h1-11,16,23-24,29,32H,12H2,(H,35,36,37)/t16-,23-,24+/m1/s1. The number of hydrogen-bond donors (Lipinski definition) is 3. The van der Waals surface area contributed by atoms with Gasteiger partial charge in [0.05, 0.1) is 11.5 Å². The van der Waals surface area contributed by atoms with Crippen LogP contribution in [-0.2, 0) is 14.9 Å². The summed E-state index contributed by atoms with van der Waals surface area (Å²) in [6.07, 6.45) is -7.56. The van der Waals surface area contributed by atoms with Gasteiger partial charge in [-0.3, -0.25) is 24.3 Å². The fourth-order valence-corrected chi connectivity index (χ4v) is 5.11. The van der Waals surface area contributed by atoms with Crippen LogP contribution < -0.4 is 0 Å². The predicted octanol–water partition coefficient (Wildman–Crippen LogP) is 2.73. The van der Waals surface area contributed by atoms with Crippen LogP contribution in [0.4, 0.5) is 14.5 Å². The van der Waals surface area contributed by atoms with Crippen molar-refractivity contribution in [3.63, 3.8) is 0 Å². The van der Waals surface area contributed by atoms with Crippen molar-refractivity contribution in [2.75, 3.05) is 6.61 Å². The van der Waals surface area contributed by atoms with Crippen molar-refractivity contribution in [1.82, 2.24) is 0 Å². The molecule has 0 radical (unpaired) electrons. The summed E-state index contributed by atoms with van der Waals surface area (Å²) in [5, 5.41) is 31.8. The molecule has 39 heavy (non-hydrogen) atoms. The number of nitro benzene ring substituents is 1. The zero-order chi connectivity index (χ0) is 28.7. The van der Waals surface area contributed by atoms with Crippen LogP contribution in [0.2, 0.25) is 0 Å². The molecule has 0 aromatic heterocycles. The monoisotopic (exact) mass is 563 g/mol. The lowest BCUT2D eigenvalue weighted by molar-refractivity contribution is -0.385. The number of nitro groups is 1. The lowest BCUT2D eigenvalue weighted by atomic mass is 9.87. The number of alkyl halides is 2. The molecule has 0 aliphatic carbocycles. The van der Waals surface area contributed by atoms with Crippen molar-refractivity contribution < 1.29 is 51.2 Å². The Hall–Kier alpha value is -3.95. The number of ether oxygens (including phenoxy) is 1. The first kappa shape index (κ1) is 28.1. The number of hydrogen-bond acceptors (Lipinski definition) is 9. The third-order valence-corrected chi connectivity index (χ3v) is 7.05. The van der Waals surface area contributed by atoms with Gasteiger partial charge in [-0.15, -0.1) is 0 Å². The van der Waals surface area contributed by atoms with Gasteiger partial charge in [-0.25, -0.2) is 8.78 Å². The number of ketones is 2. The molecule has 1 aliphatic heterocycles. The summed E-state index contributed by atoms with van der Waals surface area (Å²) in [4.78, 5) is 36.7. The Morgan fingerprint density at radius 3 is 1.95 bits per heavy atom. The van der Waals surface area contributed by atoms with E-state index in [2.05, 4.69) is 0 Å². The Balaban J connectivity index is 2.18. The summed E-state index contributed by atoms with van der Waals surface area (Å²) in [7, 11) is -5.57. The van der Waals surface area contributed by atoms with E-state index in [0.29, 0.717) is 6.07 Å². The third-order valence-electron chi connectivity index (χ3n) is 6.16. The highest BCUT2D eigenvalue weighted by Gasteiger charge is 2.61. The highest BCUT2D eigenvalue weighted by molar-refractivity contribution is 7.85. The number of aliphatic hydroxyl groups is 2. The number of halogens is 2. The minimum atomic E-state index is -5.57. The molecule has 3 aromatic carbocycles. The fourth-order valence-electron chi connectivity index (χ4n) is 4.35. The SMILES string of the molecule is O=C(c1ccccc1)c1cc(S(=O)(=O)O)c([C@@H]2O[C@H](CO)[C@@H](O)C2(F)F)c(C(=O)c2ccccc2)c1[N+](=O)[O-]. The van der Waals surface area contributed by atoms with Crippen LogP contribution in [0.25, 0.3) is 0 Å². The average Bonchev–Trinajstić information content (AvgIpc) is 3.14. The molecule has 0 saturated carbocycles. The maximum atomic E-state index is 15.3. The molecule has 3 atom stereocenters. The van der Waals surface area contributed by atoms with E-state index in [9.17, 15) is 42.9 Å². The van der Waals surface area contributed by atoms with Gasteiger partial charge in [0.25, 0.3) is 15.8 Å². The van der Waals surface area contributed by atoms with Crippen LogP contribution >= 0.6 is 0 Å². The molecular weight excluding hydrogens is 544 g/mol. The zero-order valence-corrected chi connectivity index (χ0v) is 20.4. The maximum Gasteiger partial charge on any atom is 0.305 e. The first-order chi connectivity index (χ1) is 18.3. The van der Waals surface area contributed by atoms with Gasteiger partial charge >= 0.3 is 5.92 Å². The van der Waals surface area contributed by atoms with Crippen molar-refractivity contribution in [2.45, 2.75) is 29.1 Å². The van der Waals surface area contributed by atoms with Gasteiger partial charge in [0.15, 0.2) is 17.7 Å². The van der Waals surface area contributed by atoms with Gasteiger partial charge in [0.1, 0.15) is 28.2 Å². The quantitative estimate of drug-likeness (QED) is 0.160. The van der Waals surface area contributed by atoms with Crippen molar-refractivity contribution in [2.24, 2.45) is 0 Å². The van der Waals surface area contributed by atoms with Crippen LogP contribution in [-0.4, -0.2) is 64.4 Å². The van der Waals surface area contributed by atoms with Crippen molar-refractivity contribution in [3.05, 3.63) is 105 Å². The maximum absolute atomic E-state index is 15.3. The van der Waals surface area contributed by atoms with Crippen molar-refractivity contribution in [3.8, 4) is 0 Å². The molecule has 0 bridgehead atoms. The number of carbonyl (C=O) groups is 2. The Labute approximate surface area is 219 Å². The van der Waals surface area contributed by atoms with Gasteiger partial charge < -0.3 is 14.9 Å². The zero-order valence-electron chi connectivity index (χ0n) is 19.6. The number of aliphatic hydroxyl groups excluding tert-OH is 2. The van der Waals surface area contributed by atoms with Crippen LogP contribution in [0.3, 0.4) is 0 Å². The second kappa shape index (κ2) is 10.3. The van der Waals surface area contributed by atoms with Crippen LogP contribution in [0.1, 0.15) is 43.5 Å². The van der Waals surface area contributed by atoms with Gasteiger partial charge in [0.2, 0.25) is 0 Å². The summed E-state index contributed by atoms with van der Waals surface area (Å²) in [6.45, 7) is -1.16. The molecule has 0 unspecified atom stereocenters. The molecule has 3 aromatic rings. The molecule has 0 spiro atoms. The summed E-state index contributed by atoms with van der Waals surface area (Å²) in [5.41, 5.74) is -5.40.